The third-order valence-electron chi connectivity index (χ3n) is 2.27. The van der Waals surface area contributed by atoms with E-state index in [2.05, 4.69) is 5.32 Å². The summed E-state index contributed by atoms with van der Waals surface area (Å²) in [4.78, 5) is 0.120. The molecule has 2 heterocycles. The first kappa shape index (κ1) is 7.97. The highest BCUT2D eigenvalue weighted by molar-refractivity contribution is 7.89. The Morgan fingerprint density at radius 3 is 2.33 bits per heavy atom. The van der Waals surface area contributed by atoms with Crippen molar-refractivity contribution < 1.29 is 13.0 Å². The summed E-state index contributed by atoms with van der Waals surface area (Å²) in [5, 5.41) is 3.01. The first-order valence-electron chi connectivity index (χ1n) is 3.62. The maximum Gasteiger partial charge on any atom is 0.292 e. The normalized spacial score (nSPS) is 33.5. The van der Waals surface area contributed by atoms with Crippen molar-refractivity contribution in [2.24, 2.45) is 0 Å². The monoisotopic (exact) mass is 187 g/mol. The lowest BCUT2D eigenvalue weighted by molar-refractivity contribution is 0.488. The van der Waals surface area contributed by atoms with E-state index < -0.39 is 10.1 Å². The van der Waals surface area contributed by atoms with Crippen molar-refractivity contribution in [2.45, 2.75) is 19.0 Å². The largest absolute Gasteiger partial charge is 0.296 e. The van der Waals surface area contributed by atoms with Crippen molar-refractivity contribution in [2.75, 3.05) is 0 Å². The van der Waals surface area contributed by atoms with Crippen LogP contribution in [0.3, 0.4) is 0 Å². The molecule has 0 fully saturated rings. The first-order chi connectivity index (χ1) is 5.50. The lowest BCUT2D eigenvalue weighted by atomic mass is 10.1. The summed E-state index contributed by atoms with van der Waals surface area (Å²) in [5.41, 5.74) is 0.699. The number of hydrogen-bond donors (Lipinski definition) is 2. The van der Waals surface area contributed by atoms with Gasteiger partial charge < -0.3 is 0 Å². The van der Waals surface area contributed by atoms with E-state index >= 15 is 0 Å². The van der Waals surface area contributed by atoms with Crippen molar-refractivity contribution in [1.82, 2.24) is 5.32 Å². The molecule has 12 heavy (non-hydrogen) atoms. The summed E-state index contributed by atoms with van der Waals surface area (Å²) in [6, 6.07) is -0.322. The molecule has 0 aromatic rings. The number of nitrogens with one attached hydrogen (secondary N) is 1. The van der Waals surface area contributed by atoms with Crippen LogP contribution in [-0.2, 0) is 10.1 Å². The standard InChI is InChI=1S/C7H9NO3S/c1-4-5-2-3-6(8-5)7(4)12(9,10)11/h2-3,5-6,8H,1H3,(H,9,10,11). The summed E-state index contributed by atoms with van der Waals surface area (Å²) in [5.74, 6) is 0. The second kappa shape index (κ2) is 2.18. The number of fused-ring (bicyclic) bond motifs is 2. The van der Waals surface area contributed by atoms with Crippen LogP contribution in [0, 0.1) is 0 Å². The van der Waals surface area contributed by atoms with Gasteiger partial charge in [-0.1, -0.05) is 12.2 Å². The molecule has 2 aliphatic rings. The summed E-state index contributed by atoms with van der Waals surface area (Å²) in [6.07, 6.45) is 3.65. The second-order valence-corrected chi connectivity index (χ2v) is 4.42. The average molecular weight is 187 g/mol. The van der Waals surface area contributed by atoms with Gasteiger partial charge >= 0.3 is 0 Å². The van der Waals surface area contributed by atoms with E-state index in [1.807, 2.05) is 6.08 Å². The zero-order valence-corrected chi connectivity index (χ0v) is 7.30. The third kappa shape index (κ3) is 0.939. The Bertz CT molecular complexity index is 379. The van der Waals surface area contributed by atoms with Crippen LogP contribution in [0.5, 0.6) is 0 Å². The van der Waals surface area contributed by atoms with Gasteiger partial charge in [0.1, 0.15) is 0 Å². The molecule has 0 radical (unpaired) electrons. The van der Waals surface area contributed by atoms with Gasteiger partial charge in [-0.2, -0.15) is 8.42 Å². The number of hydrogen-bond acceptors (Lipinski definition) is 3. The van der Waals surface area contributed by atoms with Crippen LogP contribution < -0.4 is 5.32 Å². The predicted molar refractivity (Wildman–Crippen MR) is 44.1 cm³/mol. The Labute approximate surface area is 70.7 Å². The molecule has 0 aliphatic carbocycles. The zero-order chi connectivity index (χ0) is 8.93. The first-order valence-corrected chi connectivity index (χ1v) is 5.06. The van der Waals surface area contributed by atoms with Gasteiger partial charge in [0.25, 0.3) is 10.1 Å². The highest BCUT2D eigenvalue weighted by atomic mass is 32.2. The van der Waals surface area contributed by atoms with Crippen molar-refractivity contribution in [3.8, 4) is 0 Å². The molecule has 2 N–H and O–H groups in total. The van der Waals surface area contributed by atoms with Crippen LogP contribution in [0.2, 0.25) is 0 Å². The van der Waals surface area contributed by atoms with Gasteiger partial charge in [0, 0.05) is 6.04 Å². The molecule has 0 saturated carbocycles. The van der Waals surface area contributed by atoms with Gasteiger partial charge in [-0.15, -0.1) is 0 Å². The lowest BCUT2D eigenvalue weighted by Gasteiger charge is -2.07. The van der Waals surface area contributed by atoms with E-state index in [4.69, 9.17) is 4.55 Å². The van der Waals surface area contributed by atoms with Gasteiger partial charge in [0.2, 0.25) is 0 Å². The maximum absolute atomic E-state index is 10.9. The van der Waals surface area contributed by atoms with E-state index in [9.17, 15) is 8.42 Å². The zero-order valence-electron chi connectivity index (χ0n) is 6.48. The molecule has 0 spiro atoms. The Morgan fingerprint density at radius 2 is 2.00 bits per heavy atom. The Morgan fingerprint density at radius 1 is 1.42 bits per heavy atom. The Kier molecular flexibility index (Phi) is 1.45. The smallest absolute Gasteiger partial charge is 0.292 e. The molecule has 4 nitrogen and oxygen atoms in total. The lowest BCUT2D eigenvalue weighted by Crippen LogP contribution is -2.25. The summed E-state index contributed by atoms with van der Waals surface area (Å²) >= 11 is 0. The van der Waals surface area contributed by atoms with Gasteiger partial charge in [-0.05, 0) is 12.5 Å². The van der Waals surface area contributed by atoms with Crippen LogP contribution in [0.1, 0.15) is 6.92 Å². The fourth-order valence-corrected chi connectivity index (χ4v) is 2.72. The minimum absolute atomic E-state index is 0.00748. The second-order valence-electron chi connectivity index (χ2n) is 3.03. The van der Waals surface area contributed by atoms with Gasteiger partial charge in [-0.25, -0.2) is 0 Å². The SMILES string of the molecule is CC1=C(S(=O)(=O)O)C2C=CC1N2. The molecule has 0 aromatic heterocycles. The van der Waals surface area contributed by atoms with Gasteiger partial charge in [0.15, 0.2) is 0 Å². The average Bonchev–Trinajstić information content (AvgIpc) is 2.42. The molecular formula is C7H9NO3S. The van der Waals surface area contributed by atoms with E-state index in [0.717, 1.165) is 0 Å². The summed E-state index contributed by atoms with van der Waals surface area (Å²) < 4.78 is 30.6. The predicted octanol–water partition coefficient (Wildman–Crippen LogP) is 0.0584. The molecule has 2 rings (SSSR count). The molecule has 66 valence electrons. The van der Waals surface area contributed by atoms with Crippen LogP contribution in [0.15, 0.2) is 22.6 Å². The highest BCUT2D eigenvalue weighted by Crippen LogP contribution is 2.31. The molecule has 5 heteroatoms. The number of rotatable bonds is 1. The quantitative estimate of drug-likeness (QED) is 0.450. The molecule has 0 saturated heterocycles. The minimum atomic E-state index is -4.02. The molecular weight excluding hydrogens is 178 g/mol. The third-order valence-corrected chi connectivity index (χ3v) is 3.40. The molecule has 0 aromatic carbocycles. The van der Waals surface area contributed by atoms with Crippen molar-refractivity contribution in [1.29, 1.82) is 0 Å². The van der Waals surface area contributed by atoms with Crippen LogP contribution in [0.4, 0.5) is 0 Å². The molecule has 2 atom stereocenters. The fourth-order valence-electron chi connectivity index (χ4n) is 1.72. The van der Waals surface area contributed by atoms with Crippen LogP contribution in [-0.4, -0.2) is 25.1 Å². The van der Waals surface area contributed by atoms with Crippen molar-refractivity contribution in [3.63, 3.8) is 0 Å². The fraction of sp³-hybridized carbons (Fsp3) is 0.429. The van der Waals surface area contributed by atoms with Crippen LogP contribution >= 0.6 is 0 Å². The topological polar surface area (TPSA) is 66.4 Å². The summed E-state index contributed by atoms with van der Waals surface area (Å²) in [7, 11) is -4.02. The van der Waals surface area contributed by atoms with E-state index in [1.165, 1.54) is 0 Å². The van der Waals surface area contributed by atoms with E-state index in [0.29, 0.717) is 5.57 Å². The van der Waals surface area contributed by atoms with E-state index in [-0.39, 0.29) is 17.0 Å². The van der Waals surface area contributed by atoms with Gasteiger partial charge in [0.05, 0.1) is 10.9 Å². The highest BCUT2D eigenvalue weighted by Gasteiger charge is 2.38. The Balaban J connectivity index is 2.53. The molecule has 2 unspecified atom stereocenters. The van der Waals surface area contributed by atoms with Crippen LogP contribution in [0.25, 0.3) is 0 Å². The van der Waals surface area contributed by atoms with Gasteiger partial charge in [-0.3, -0.25) is 9.87 Å². The van der Waals surface area contributed by atoms with E-state index in [1.54, 1.807) is 13.0 Å². The summed E-state index contributed by atoms with van der Waals surface area (Å²) in [6.45, 7) is 1.71. The maximum atomic E-state index is 10.9. The molecule has 2 aliphatic heterocycles. The minimum Gasteiger partial charge on any atom is -0.296 e. The molecule has 0 amide bonds. The molecule has 2 bridgehead atoms. The Hall–Kier alpha value is -0.650. The van der Waals surface area contributed by atoms with Crippen molar-refractivity contribution >= 4 is 10.1 Å². The van der Waals surface area contributed by atoms with Crippen molar-refractivity contribution in [3.05, 3.63) is 22.6 Å².